The van der Waals surface area contributed by atoms with Crippen molar-refractivity contribution in [3.05, 3.63) is 44.0 Å². The molecule has 1 N–H and O–H groups in total. The van der Waals surface area contributed by atoms with E-state index in [0.29, 0.717) is 6.42 Å². The minimum atomic E-state index is -0.518. The van der Waals surface area contributed by atoms with E-state index in [1.54, 1.807) is 4.68 Å². The molecule has 2 rings (SSSR count). The van der Waals surface area contributed by atoms with Crippen LogP contribution in [0.2, 0.25) is 0 Å². The highest BCUT2D eigenvalue weighted by Crippen LogP contribution is 2.14. The lowest BCUT2D eigenvalue weighted by atomic mass is 10.1. The van der Waals surface area contributed by atoms with Gasteiger partial charge in [-0.05, 0) is 25.8 Å². The maximum atomic E-state index is 12.1. The third-order valence-corrected chi connectivity index (χ3v) is 3.98. The van der Waals surface area contributed by atoms with Crippen molar-refractivity contribution in [3.63, 3.8) is 0 Å². The smallest absolute Gasteiger partial charge is 0.320 e. The number of rotatable bonds is 4. The topological polar surface area (TPSA) is 90.9 Å². The van der Waals surface area contributed by atoms with Crippen molar-refractivity contribution < 1.29 is 4.79 Å². The molecule has 0 saturated carbocycles. The maximum absolute atomic E-state index is 12.1. The van der Waals surface area contributed by atoms with Gasteiger partial charge in [-0.2, -0.15) is 5.10 Å². The van der Waals surface area contributed by atoms with Crippen LogP contribution in [0.3, 0.4) is 0 Å². The fraction of sp³-hybridized carbons (Fsp3) is 0.467. The SMILES string of the molecule is Cc1nn(C)c(C)c1CCC(=O)Nc1cn(C)c(=O)n(C)c1=O. The molecule has 0 aliphatic heterocycles. The van der Waals surface area contributed by atoms with E-state index in [4.69, 9.17) is 0 Å². The zero-order valence-electron chi connectivity index (χ0n) is 14.0. The number of carbonyl (C=O) groups excluding carboxylic acids is 1. The van der Waals surface area contributed by atoms with Crippen molar-refractivity contribution in [1.82, 2.24) is 18.9 Å². The van der Waals surface area contributed by atoms with Gasteiger partial charge in [0.2, 0.25) is 5.91 Å². The molecule has 2 heterocycles. The van der Waals surface area contributed by atoms with Gasteiger partial charge in [0.25, 0.3) is 5.56 Å². The van der Waals surface area contributed by atoms with E-state index in [1.807, 2.05) is 20.9 Å². The fourth-order valence-electron chi connectivity index (χ4n) is 2.52. The van der Waals surface area contributed by atoms with Crippen molar-refractivity contribution in [2.24, 2.45) is 21.1 Å². The molecule has 8 heteroatoms. The van der Waals surface area contributed by atoms with Crippen LogP contribution in [0.25, 0.3) is 0 Å². The summed E-state index contributed by atoms with van der Waals surface area (Å²) in [6, 6.07) is 0. The molecular weight excluding hydrogens is 298 g/mol. The third-order valence-electron chi connectivity index (χ3n) is 3.98. The summed E-state index contributed by atoms with van der Waals surface area (Å²) in [7, 11) is 4.77. The predicted octanol–water partition coefficient (Wildman–Crippen LogP) is 0.00564. The second kappa shape index (κ2) is 6.23. The van der Waals surface area contributed by atoms with Crippen LogP contribution in [0.4, 0.5) is 5.69 Å². The Hall–Kier alpha value is -2.64. The zero-order chi connectivity index (χ0) is 17.3. The van der Waals surface area contributed by atoms with E-state index in [0.717, 1.165) is 21.5 Å². The molecule has 124 valence electrons. The Labute approximate surface area is 133 Å². The Bertz CT molecular complexity index is 872. The molecule has 0 unspecified atom stereocenters. The van der Waals surface area contributed by atoms with Crippen LogP contribution in [0.15, 0.2) is 15.8 Å². The average molecular weight is 319 g/mol. The second-order valence-electron chi connectivity index (χ2n) is 5.62. The summed E-state index contributed by atoms with van der Waals surface area (Å²) in [6.07, 6.45) is 2.12. The minimum absolute atomic E-state index is 0.0965. The third kappa shape index (κ3) is 3.25. The van der Waals surface area contributed by atoms with Crippen molar-refractivity contribution in [2.75, 3.05) is 5.32 Å². The van der Waals surface area contributed by atoms with E-state index >= 15 is 0 Å². The van der Waals surface area contributed by atoms with Gasteiger partial charge >= 0.3 is 5.69 Å². The van der Waals surface area contributed by atoms with Crippen molar-refractivity contribution >= 4 is 11.6 Å². The molecular formula is C15H21N5O3. The first-order valence-electron chi connectivity index (χ1n) is 7.28. The molecule has 2 aromatic heterocycles. The first kappa shape index (κ1) is 16.7. The minimum Gasteiger partial charge on any atom is -0.320 e. The highest BCUT2D eigenvalue weighted by Gasteiger charge is 2.13. The van der Waals surface area contributed by atoms with E-state index < -0.39 is 11.2 Å². The largest absolute Gasteiger partial charge is 0.330 e. The molecule has 0 bridgehead atoms. The molecule has 0 atom stereocenters. The monoisotopic (exact) mass is 319 g/mol. The second-order valence-corrected chi connectivity index (χ2v) is 5.62. The molecule has 8 nitrogen and oxygen atoms in total. The van der Waals surface area contributed by atoms with Crippen LogP contribution in [0, 0.1) is 13.8 Å². The van der Waals surface area contributed by atoms with E-state index in [2.05, 4.69) is 10.4 Å². The summed E-state index contributed by atoms with van der Waals surface area (Å²) in [5.41, 5.74) is 2.10. The molecule has 0 fully saturated rings. The van der Waals surface area contributed by atoms with Gasteiger partial charge in [-0.3, -0.25) is 18.8 Å². The van der Waals surface area contributed by atoms with E-state index in [1.165, 1.54) is 24.9 Å². The van der Waals surface area contributed by atoms with Crippen LogP contribution in [-0.4, -0.2) is 24.8 Å². The molecule has 2 aromatic rings. The summed E-state index contributed by atoms with van der Waals surface area (Å²) in [5, 5.41) is 6.89. The van der Waals surface area contributed by atoms with Crippen LogP contribution < -0.4 is 16.6 Å². The highest BCUT2D eigenvalue weighted by molar-refractivity contribution is 5.90. The van der Waals surface area contributed by atoms with Crippen molar-refractivity contribution in [2.45, 2.75) is 26.7 Å². The van der Waals surface area contributed by atoms with Gasteiger partial charge in [-0.15, -0.1) is 0 Å². The summed E-state index contributed by atoms with van der Waals surface area (Å²) < 4.78 is 4.00. The molecule has 1 amide bonds. The molecule has 0 spiro atoms. The Morgan fingerprint density at radius 3 is 2.43 bits per heavy atom. The normalized spacial score (nSPS) is 10.8. The van der Waals surface area contributed by atoms with Crippen LogP contribution >= 0.6 is 0 Å². The number of hydrogen-bond donors (Lipinski definition) is 1. The van der Waals surface area contributed by atoms with E-state index in [9.17, 15) is 14.4 Å². The van der Waals surface area contributed by atoms with Gasteiger partial charge in [0.05, 0.1) is 5.69 Å². The Morgan fingerprint density at radius 2 is 1.87 bits per heavy atom. The highest BCUT2D eigenvalue weighted by atomic mass is 16.2. The van der Waals surface area contributed by atoms with Gasteiger partial charge < -0.3 is 9.88 Å². The zero-order valence-corrected chi connectivity index (χ0v) is 14.0. The van der Waals surface area contributed by atoms with Gasteiger partial charge in [0.1, 0.15) is 5.69 Å². The number of aromatic nitrogens is 4. The van der Waals surface area contributed by atoms with Gasteiger partial charge in [-0.25, -0.2) is 4.79 Å². The Balaban J connectivity index is 2.12. The number of nitrogens with zero attached hydrogens (tertiary/aromatic N) is 4. The van der Waals surface area contributed by atoms with Gasteiger partial charge in [0, 0.05) is 39.5 Å². The number of anilines is 1. The summed E-state index contributed by atoms with van der Waals surface area (Å²) in [5.74, 6) is -0.275. The van der Waals surface area contributed by atoms with Crippen molar-refractivity contribution in [3.8, 4) is 0 Å². The van der Waals surface area contributed by atoms with Crippen LogP contribution in [-0.2, 0) is 32.4 Å². The average Bonchev–Trinajstić information content (AvgIpc) is 2.73. The molecule has 0 aliphatic rings. The predicted molar refractivity (Wildman–Crippen MR) is 86.6 cm³/mol. The first-order valence-corrected chi connectivity index (χ1v) is 7.28. The van der Waals surface area contributed by atoms with Gasteiger partial charge in [-0.1, -0.05) is 0 Å². The quantitative estimate of drug-likeness (QED) is 0.859. The number of nitrogens with one attached hydrogen (secondary N) is 1. The van der Waals surface area contributed by atoms with Gasteiger partial charge in [0.15, 0.2) is 0 Å². The molecule has 0 aromatic carbocycles. The first-order chi connectivity index (χ1) is 10.7. The summed E-state index contributed by atoms with van der Waals surface area (Å²) in [6.45, 7) is 3.86. The molecule has 0 saturated heterocycles. The number of hydrogen-bond acceptors (Lipinski definition) is 4. The molecule has 23 heavy (non-hydrogen) atoms. The lowest BCUT2D eigenvalue weighted by Crippen LogP contribution is -2.38. The standard InChI is InChI=1S/C15H21N5O3/c1-9-11(10(2)20(5)17-9)6-7-13(21)16-12-8-18(3)15(23)19(4)14(12)22/h8H,6-7H2,1-5H3,(H,16,21). The number of amides is 1. The summed E-state index contributed by atoms with van der Waals surface area (Å²) >= 11 is 0. The summed E-state index contributed by atoms with van der Waals surface area (Å²) in [4.78, 5) is 35.7. The lowest BCUT2D eigenvalue weighted by molar-refractivity contribution is -0.116. The Morgan fingerprint density at radius 1 is 1.22 bits per heavy atom. The number of aryl methyl sites for hydroxylation is 3. The molecule has 0 aliphatic carbocycles. The van der Waals surface area contributed by atoms with E-state index in [-0.39, 0.29) is 18.0 Å². The number of carbonyl (C=O) groups is 1. The van der Waals surface area contributed by atoms with Crippen molar-refractivity contribution in [1.29, 1.82) is 0 Å². The lowest BCUT2D eigenvalue weighted by Gasteiger charge is -2.08. The molecule has 0 radical (unpaired) electrons. The fourth-order valence-corrected chi connectivity index (χ4v) is 2.52. The maximum Gasteiger partial charge on any atom is 0.330 e. The van der Waals surface area contributed by atoms with Crippen LogP contribution in [0.5, 0.6) is 0 Å². The van der Waals surface area contributed by atoms with Crippen LogP contribution in [0.1, 0.15) is 23.4 Å². The Kier molecular flexibility index (Phi) is 4.53.